The van der Waals surface area contributed by atoms with Crippen molar-refractivity contribution >= 4 is 40.8 Å². The number of hydrogen-bond donors (Lipinski definition) is 2. The first-order valence-electron chi connectivity index (χ1n) is 9.48. The van der Waals surface area contributed by atoms with Gasteiger partial charge in [0.1, 0.15) is 5.82 Å². The topological polar surface area (TPSA) is 72.9 Å². The highest BCUT2D eigenvalue weighted by Crippen LogP contribution is 2.33. The molecule has 0 bridgehead atoms. The molecular formula is C22H21Cl2FN4O. The van der Waals surface area contributed by atoms with Crippen LogP contribution in [0.3, 0.4) is 0 Å². The molecule has 2 aromatic carbocycles. The van der Waals surface area contributed by atoms with Crippen molar-refractivity contribution in [1.29, 1.82) is 0 Å². The summed E-state index contributed by atoms with van der Waals surface area (Å²) in [6, 6.07) is 11.2. The third-order valence-electron chi connectivity index (χ3n) is 4.49. The second kappa shape index (κ2) is 9.43. The molecule has 0 atom stereocenters. The summed E-state index contributed by atoms with van der Waals surface area (Å²) >= 11 is 12.4. The first kappa shape index (κ1) is 22.0. The van der Waals surface area contributed by atoms with Crippen LogP contribution in [0.5, 0.6) is 0 Å². The van der Waals surface area contributed by atoms with E-state index in [9.17, 15) is 9.18 Å². The van der Waals surface area contributed by atoms with Crippen LogP contribution in [-0.2, 0) is 6.54 Å². The van der Waals surface area contributed by atoms with Crippen LogP contribution in [0.2, 0.25) is 10.0 Å². The van der Waals surface area contributed by atoms with Crippen molar-refractivity contribution in [3.63, 3.8) is 0 Å². The molecule has 30 heavy (non-hydrogen) atoms. The van der Waals surface area contributed by atoms with Crippen molar-refractivity contribution < 1.29 is 9.18 Å². The summed E-state index contributed by atoms with van der Waals surface area (Å²) in [6.45, 7) is 4.99. The molecule has 4 rings (SSSR count). The quantitative estimate of drug-likeness (QED) is 0.588. The van der Waals surface area contributed by atoms with Gasteiger partial charge in [0, 0.05) is 23.7 Å². The third kappa shape index (κ3) is 4.41. The monoisotopic (exact) mass is 446 g/mol. The zero-order valence-corrected chi connectivity index (χ0v) is 18.1. The van der Waals surface area contributed by atoms with Crippen LogP contribution in [0.1, 0.15) is 41.2 Å². The summed E-state index contributed by atoms with van der Waals surface area (Å²) in [7, 11) is 0. The van der Waals surface area contributed by atoms with E-state index in [4.69, 9.17) is 28.9 Å². The molecule has 5 nitrogen and oxygen atoms in total. The highest BCUT2D eigenvalue weighted by molar-refractivity contribution is 6.35. The highest BCUT2D eigenvalue weighted by Gasteiger charge is 2.28. The van der Waals surface area contributed by atoms with Crippen molar-refractivity contribution in [3.8, 4) is 5.69 Å². The van der Waals surface area contributed by atoms with Crippen LogP contribution in [0.25, 0.3) is 17.3 Å². The predicted octanol–water partition coefficient (Wildman–Crippen LogP) is 5.09. The minimum Gasteiger partial charge on any atom is -0.364 e. The van der Waals surface area contributed by atoms with Crippen LogP contribution in [-0.4, -0.2) is 22.2 Å². The number of fused-ring (bicyclic) bond motifs is 1. The number of benzene rings is 2. The van der Waals surface area contributed by atoms with Crippen molar-refractivity contribution in [2.24, 2.45) is 5.73 Å². The Hall–Kier alpha value is -2.67. The molecule has 0 fully saturated rings. The molecule has 0 saturated heterocycles. The molecule has 0 aliphatic carbocycles. The first-order valence-corrected chi connectivity index (χ1v) is 10.2. The van der Waals surface area contributed by atoms with Gasteiger partial charge in [-0.3, -0.25) is 4.79 Å². The van der Waals surface area contributed by atoms with Crippen molar-refractivity contribution in [3.05, 3.63) is 80.8 Å². The zero-order chi connectivity index (χ0) is 21.8. The predicted molar refractivity (Wildman–Crippen MR) is 119 cm³/mol. The number of nitrogens with zero attached hydrogens (tertiary/aromatic N) is 2. The molecule has 0 unspecified atom stereocenters. The van der Waals surface area contributed by atoms with Crippen LogP contribution in [0.15, 0.2) is 42.5 Å². The van der Waals surface area contributed by atoms with Gasteiger partial charge >= 0.3 is 0 Å². The SMILES string of the molecule is CC.NC(=O)c1nn(-c2ccc(Cl)cc2Cl)c2c1CNC/C2=C\c1ccc(F)cc1. The average Bonchev–Trinajstić information content (AvgIpc) is 3.12. The molecule has 0 radical (unpaired) electrons. The highest BCUT2D eigenvalue weighted by atomic mass is 35.5. The Bertz CT molecular complexity index is 1110. The number of amides is 1. The van der Waals surface area contributed by atoms with Gasteiger partial charge < -0.3 is 11.1 Å². The Kier molecular flexibility index (Phi) is 6.92. The molecular weight excluding hydrogens is 426 g/mol. The smallest absolute Gasteiger partial charge is 0.269 e. The van der Waals surface area contributed by atoms with Crippen molar-refractivity contribution in [2.75, 3.05) is 6.54 Å². The van der Waals surface area contributed by atoms with E-state index in [2.05, 4.69) is 10.4 Å². The van der Waals surface area contributed by atoms with Gasteiger partial charge in [-0.2, -0.15) is 5.10 Å². The van der Waals surface area contributed by atoms with Gasteiger partial charge in [-0.15, -0.1) is 0 Å². The maximum Gasteiger partial charge on any atom is 0.269 e. The number of aromatic nitrogens is 2. The van der Waals surface area contributed by atoms with E-state index >= 15 is 0 Å². The van der Waals surface area contributed by atoms with Gasteiger partial charge in [0.25, 0.3) is 5.91 Å². The number of carbonyl (C=O) groups is 1. The number of rotatable bonds is 3. The van der Waals surface area contributed by atoms with Crippen LogP contribution in [0.4, 0.5) is 4.39 Å². The van der Waals surface area contributed by atoms with Gasteiger partial charge in [-0.1, -0.05) is 49.2 Å². The lowest BCUT2D eigenvalue weighted by atomic mass is 9.99. The molecule has 156 valence electrons. The molecule has 3 aromatic rings. The maximum absolute atomic E-state index is 13.2. The molecule has 1 aliphatic rings. The molecule has 3 N–H and O–H groups in total. The van der Waals surface area contributed by atoms with Gasteiger partial charge in [-0.05, 0) is 47.5 Å². The first-order chi connectivity index (χ1) is 14.4. The standard InChI is InChI=1S/C20H15Cl2FN4O.C2H6/c21-13-3-6-17(16(22)8-13)27-19-12(7-11-1-4-14(23)5-2-11)9-25-10-15(19)18(26-27)20(24)28;1-2/h1-8,25H,9-10H2,(H2,24,28);1-2H3/b12-7+;. The van der Waals surface area contributed by atoms with Crippen molar-refractivity contribution in [1.82, 2.24) is 15.1 Å². The number of halogens is 3. The Morgan fingerprint density at radius 2 is 1.87 bits per heavy atom. The number of hydrogen-bond acceptors (Lipinski definition) is 3. The fourth-order valence-electron chi connectivity index (χ4n) is 3.26. The van der Waals surface area contributed by atoms with Crippen LogP contribution < -0.4 is 11.1 Å². The Morgan fingerprint density at radius 1 is 1.17 bits per heavy atom. The summed E-state index contributed by atoms with van der Waals surface area (Å²) in [4.78, 5) is 12.0. The molecule has 0 saturated carbocycles. The summed E-state index contributed by atoms with van der Waals surface area (Å²) < 4.78 is 14.9. The van der Waals surface area contributed by atoms with Gasteiger partial charge in [0.2, 0.25) is 0 Å². The normalized spacial score (nSPS) is 14.1. The molecule has 0 spiro atoms. The fraction of sp³-hybridized carbons (Fsp3) is 0.182. The lowest BCUT2D eigenvalue weighted by molar-refractivity contribution is 0.0994. The van der Waals surface area contributed by atoms with E-state index in [1.165, 1.54) is 12.1 Å². The minimum absolute atomic E-state index is 0.179. The fourth-order valence-corrected chi connectivity index (χ4v) is 3.75. The van der Waals surface area contributed by atoms with Crippen LogP contribution in [0, 0.1) is 5.82 Å². The molecule has 2 heterocycles. The number of nitrogens with one attached hydrogen (secondary N) is 1. The van der Waals surface area contributed by atoms with E-state index in [1.54, 1.807) is 35.0 Å². The molecule has 8 heteroatoms. The second-order valence-electron chi connectivity index (χ2n) is 6.37. The summed E-state index contributed by atoms with van der Waals surface area (Å²) in [5.41, 5.74) is 9.44. The Balaban J connectivity index is 0.00000124. The van der Waals surface area contributed by atoms with Crippen LogP contribution >= 0.6 is 23.2 Å². The second-order valence-corrected chi connectivity index (χ2v) is 7.22. The molecule has 1 aliphatic heterocycles. The van der Waals surface area contributed by atoms with E-state index in [0.717, 1.165) is 16.8 Å². The largest absolute Gasteiger partial charge is 0.364 e. The number of primary amides is 1. The minimum atomic E-state index is -0.620. The van der Waals surface area contributed by atoms with Gasteiger partial charge in [0.15, 0.2) is 5.69 Å². The van der Waals surface area contributed by atoms with E-state index < -0.39 is 5.91 Å². The lowest BCUT2D eigenvalue weighted by Gasteiger charge is -2.20. The van der Waals surface area contributed by atoms with Gasteiger partial charge in [-0.25, -0.2) is 9.07 Å². The zero-order valence-electron chi connectivity index (χ0n) is 16.5. The maximum atomic E-state index is 13.2. The summed E-state index contributed by atoms with van der Waals surface area (Å²) in [5.74, 6) is -0.927. The lowest BCUT2D eigenvalue weighted by Crippen LogP contribution is -2.25. The molecule has 1 aromatic heterocycles. The van der Waals surface area contributed by atoms with Gasteiger partial charge in [0.05, 0.1) is 16.4 Å². The summed E-state index contributed by atoms with van der Waals surface area (Å²) in [5, 5.41) is 8.57. The van der Waals surface area contributed by atoms with E-state index in [0.29, 0.717) is 34.4 Å². The summed E-state index contributed by atoms with van der Waals surface area (Å²) in [6.07, 6.45) is 1.91. The Morgan fingerprint density at radius 3 is 2.50 bits per heavy atom. The Labute approximate surface area is 184 Å². The molecule has 1 amide bonds. The van der Waals surface area contributed by atoms with E-state index in [-0.39, 0.29) is 11.5 Å². The number of carbonyl (C=O) groups excluding carboxylic acids is 1. The number of nitrogens with two attached hydrogens (primary N) is 1. The average molecular weight is 447 g/mol. The van der Waals surface area contributed by atoms with E-state index in [1.807, 2.05) is 19.9 Å². The van der Waals surface area contributed by atoms with Crippen molar-refractivity contribution in [2.45, 2.75) is 20.4 Å². The third-order valence-corrected chi connectivity index (χ3v) is 5.02.